The summed E-state index contributed by atoms with van der Waals surface area (Å²) < 4.78 is 0. The Morgan fingerprint density at radius 2 is 2.26 bits per heavy atom. The number of hydrogen-bond donors (Lipinski definition) is 3. The molecule has 1 aromatic heterocycles. The van der Waals surface area contributed by atoms with Gasteiger partial charge in [0.2, 0.25) is 5.91 Å². The van der Waals surface area contributed by atoms with E-state index in [1.165, 1.54) is 25.7 Å². The largest absolute Gasteiger partial charge is 0.355 e. The van der Waals surface area contributed by atoms with E-state index in [1.807, 2.05) is 0 Å². The van der Waals surface area contributed by atoms with Gasteiger partial charge in [-0.2, -0.15) is 5.21 Å². The van der Waals surface area contributed by atoms with Crippen LogP contribution in [0.1, 0.15) is 31.5 Å². The molecule has 0 spiro atoms. The third-order valence-electron chi connectivity index (χ3n) is 5.87. The summed E-state index contributed by atoms with van der Waals surface area (Å²) in [5.41, 5.74) is -0.250. The van der Waals surface area contributed by atoms with Gasteiger partial charge in [0.15, 0.2) is 5.82 Å². The van der Waals surface area contributed by atoms with Gasteiger partial charge >= 0.3 is 0 Å². The van der Waals surface area contributed by atoms with E-state index >= 15 is 0 Å². The summed E-state index contributed by atoms with van der Waals surface area (Å²) in [7, 11) is 0. The normalized spacial score (nSPS) is 31.6. The van der Waals surface area contributed by atoms with Crippen LogP contribution < -0.4 is 10.6 Å². The Labute approximate surface area is 135 Å². The number of tetrazole rings is 1. The molecule has 1 saturated carbocycles. The highest BCUT2D eigenvalue weighted by Gasteiger charge is 2.55. The molecular formula is C15H25N7O. The lowest BCUT2D eigenvalue weighted by Crippen LogP contribution is -2.48. The van der Waals surface area contributed by atoms with Crippen molar-refractivity contribution in [1.29, 1.82) is 0 Å². The molecule has 23 heavy (non-hydrogen) atoms. The summed E-state index contributed by atoms with van der Waals surface area (Å²) >= 11 is 0. The molecular weight excluding hydrogens is 294 g/mol. The summed E-state index contributed by atoms with van der Waals surface area (Å²) in [5, 5.41) is 20.4. The number of nitrogens with one attached hydrogen (secondary N) is 3. The fourth-order valence-electron chi connectivity index (χ4n) is 4.58. The van der Waals surface area contributed by atoms with Gasteiger partial charge in [0, 0.05) is 51.1 Å². The van der Waals surface area contributed by atoms with Gasteiger partial charge in [-0.05, 0) is 12.8 Å². The molecule has 2 atom stereocenters. The number of hydrogen-bond acceptors (Lipinski definition) is 6. The number of carbonyl (C=O) groups is 1. The van der Waals surface area contributed by atoms with E-state index in [9.17, 15) is 4.79 Å². The average molecular weight is 319 g/mol. The maximum absolute atomic E-state index is 12.9. The van der Waals surface area contributed by atoms with Crippen molar-refractivity contribution in [1.82, 2.24) is 36.2 Å². The number of fused-ring (bicyclic) bond motifs is 1. The minimum absolute atomic E-state index is 0.191. The molecule has 1 aromatic rings. The molecule has 3 N–H and O–H groups in total. The lowest BCUT2D eigenvalue weighted by atomic mass is 9.80. The molecule has 2 saturated heterocycles. The molecule has 8 heteroatoms. The number of amides is 1. The third-order valence-corrected chi connectivity index (χ3v) is 5.87. The number of nitrogens with zero attached hydrogens (tertiary/aromatic N) is 4. The second kappa shape index (κ2) is 6.16. The Hall–Kier alpha value is -1.54. The molecule has 1 aliphatic carbocycles. The van der Waals surface area contributed by atoms with Crippen LogP contribution in [0.15, 0.2) is 0 Å². The SMILES string of the molecule is O=C(NCCc1nn[nH]n1)[C@@]12CNC[C@@H]1CN(C1CCCC1)C2. The number of likely N-dealkylation sites (tertiary alicyclic amines) is 1. The van der Waals surface area contributed by atoms with Gasteiger partial charge < -0.3 is 10.6 Å². The maximum Gasteiger partial charge on any atom is 0.229 e. The molecule has 0 radical (unpaired) electrons. The highest BCUT2D eigenvalue weighted by atomic mass is 16.2. The van der Waals surface area contributed by atoms with Crippen molar-refractivity contribution in [2.24, 2.45) is 11.3 Å². The molecule has 3 heterocycles. The van der Waals surface area contributed by atoms with Crippen LogP contribution in [0.4, 0.5) is 0 Å². The lowest BCUT2D eigenvalue weighted by molar-refractivity contribution is -0.130. The molecule has 3 fully saturated rings. The molecule has 1 amide bonds. The van der Waals surface area contributed by atoms with E-state index in [4.69, 9.17) is 0 Å². The smallest absolute Gasteiger partial charge is 0.229 e. The van der Waals surface area contributed by atoms with Crippen molar-refractivity contribution >= 4 is 5.91 Å². The zero-order valence-electron chi connectivity index (χ0n) is 13.4. The van der Waals surface area contributed by atoms with Crippen molar-refractivity contribution in [3.8, 4) is 0 Å². The van der Waals surface area contributed by atoms with E-state index in [2.05, 4.69) is 36.2 Å². The molecule has 8 nitrogen and oxygen atoms in total. The fraction of sp³-hybridized carbons (Fsp3) is 0.867. The highest BCUT2D eigenvalue weighted by Crippen LogP contribution is 2.42. The van der Waals surface area contributed by atoms with Crippen molar-refractivity contribution in [2.45, 2.75) is 38.1 Å². The molecule has 2 aliphatic heterocycles. The first-order chi connectivity index (χ1) is 11.3. The van der Waals surface area contributed by atoms with E-state index in [0.717, 1.165) is 26.2 Å². The molecule has 0 aromatic carbocycles. The summed E-state index contributed by atoms with van der Waals surface area (Å²) in [4.78, 5) is 15.5. The van der Waals surface area contributed by atoms with Crippen LogP contribution in [-0.4, -0.2) is 70.2 Å². The van der Waals surface area contributed by atoms with Gasteiger partial charge in [-0.15, -0.1) is 10.2 Å². The van der Waals surface area contributed by atoms with E-state index in [1.54, 1.807) is 0 Å². The van der Waals surface area contributed by atoms with Gasteiger partial charge in [0.25, 0.3) is 0 Å². The van der Waals surface area contributed by atoms with E-state index in [-0.39, 0.29) is 11.3 Å². The Kier molecular flexibility index (Phi) is 4.02. The summed E-state index contributed by atoms with van der Waals surface area (Å²) in [6.07, 6.45) is 5.90. The molecule has 126 valence electrons. The van der Waals surface area contributed by atoms with Gasteiger partial charge in [-0.25, -0.2) is 0 Å². The van der Waals surface area contributed by atoms with Crippen molar-refractivity contribution in [2.75, 3.05) is 32.7 Å². The predicted molar refractivity (Wildman–Crippen MR) is 83.5 cm³/mol. The highest BCUT2D eigenvalue weighted by molar-refractivity contribution is 5.84. The number of aromatic amines is 1. The zero-order valence-corrected chi connectivity index (χ0v) is 13.4. The van der Waals surface area contributed by atoms with Gasteiger partial charge in [-0.3, -0.25) is 9.69 Å². The van der Waals surface area contributed by atoms with Gasteiger partial charge in [0.05, 0.1) is 5.41 Å². The fourth-order valence-corrected chi connectivity index (χ4v) is 4.58. The second-order valence-corrected chi connectivity index (χ2v) is 7.19. The van der Waals surface area contributed by atoms with Crippen LogP contribution in [0.25, 0.3) is 0 Å². The molecule has 0 unspecified atom stereocenters. The Morgan fingerprint density at radius 1 is 1.39 bits per heavy atom. The molecule has 4 rings (SSSR count). The monoisotopic (exact) mass is 319 g/mol. The summed E-state index contributed by atoms with van der Waals surface area (Å²) in [6, 6.07) is 0.699. The second-order valence-electron chi connectivity index (χ2n) is 7.19. The minimum atomic E-state index is -0.250. The number of H-pyrrole nitrogens is 1. The van der Waals surface area contributed by atoms with Crippen molar-refractivity contribution in [3.63, 3.8) is 0 Å². The average Bonchev–Trinajstić information content (AvgIpc) is 3.30. The topological polar surface area (TPSA) is 98.8 Å². The Morgan fingerprint density at radius 3 is 3.04 bits per heavy atom. The van der Waals surface area contributed by atoms with Crippen LogP contribution in [-0.2, 0) is 11.2 Å². The first-order valence-electron chi connectivity index (χ1n) is 8.73. The van der Waals surface area contributed by atoms with E-state index in [0.29, 0.717) is 30.7 Å². The Bertz CT molecular complexity index is 542. The summed E-state index contributed by atoms with van der Waals surface area (Å²) in [5.74, 6) is 1.27. The number of aromatic nitrogens is 4. The summed E-state index contributed by atoms with van der Waals surface area (Å²) in [6.45, 7) is 4.30. The Balaban J connectivity index is 1.37. The van der Waals surface area contributed by atoms with Crippen LogP contribution in [0.5, 0.6) is 0 Å². The standard InChI is InChI=1S/C15H25N7O/c23-14(17-6-5-13-18-20-21-19-13)15-9-16-7-11(15)8-22(10-15)12-3-1-2-4-12/h11-12,16H,1-10H2,(H,17,23)(H,18,19,20,21)/t11-,15-/m1/s1. The third kappa shape index (κ3) is 2.74. The maximum atomic E-state index is 12.9. The molecule has 3 aliphatic rings. The number of carbonyl (C=O) groups excluding carboxylic acids is 1. The molecule has 0 bridgehead atoms. The van der Waals surface area contributed by atoms with Gasteiger partial charge in [0.1, 0.15) is 0 Å². The van der Waals surface area contributed by atoms with E-state index < -0.39 is 0 Å². The zero-order chi connectivity index (χ0) is 15.7. The lowest BCUT2D eigenvalue weighted by Gasteiger charge is -2.29. The first kappa shape index (κ1) is 15.0. The van der Waals surface area contributed by atoms with Crippen LogP contribution in [0, 0.1) is 11.3 Å². The quantitative estimate of drug-likeness (QED) is 0.665. The van der Waals surface area contributed by atoms with Gasteiger partial charge in [-0.1, -0.05) is 18.1 Å². The van der Waals surface area contributed by atoms with Crippen LogP contribution in [0.3, 0.4) is 0 Å². The first-order valence-corrected chi connectivity index (χ1v) is 8.73. The van der Waals surface area contributed by atoms with Crippen molar-refractivity contribution < 1.29 is 4.79 Å². The van der Waals surface area contributed by atoms with Crippen molar-refractivity contribution in [3.05, 3.63) is 5.82 Å². The van der Waals surface area contributed by atoms with Crippen LogP contribution in [0.2, 0.25) is 0 Å². The number of rotatable bonds is 5. The minimum Gasteiger partial charge on any atom is -0.355 e. The van der Waals surface area contributed by atoms with Crippen LogP contribution >= 0.6 is 0 Å². The predicted octanol–water partition coefficient (Wildman–Crippen LogP) is -0.678.